The molecule has 0 amide bonds. The Balaban J connectivity index is 1.12. The molecule has 8 aromatic carbocycles. The highest BCUT2D eigenvalue weighted by Gasteiger charge is 2.43. The summed E-state index contributed by atoms with van der Waals surface area (Å²) >= 11 is 3.86. The fourth-order valence-electron chi connectivity index (χ4n) is 11.5. The Labute approximate surface area is 414 Å². The van der Waals surface area contributed by atoms with Gasteiger partial charge in [-0.3, -0.25) is 0 Å². The lowest BCUT2D eigenvalue weighted by Gasteiger charge is -2.41. The lowest BCUT2D eigenvalue weighted by atomic mass is 9.33. The normalized spacial score (nSPS) is 13.6. The molecule has 2 aliphatic rings. The van der Waals surface area contributed by atoms with Crippen LogP contribution in [0, 0.1) is 6.92 Å². The van der Waals surface area contributed by atoms with Crippen LogP contribution in [0.15, 0.2) is 158 Å². The third-order valence-electron chi connectivity index (χ3n) is 15.1. The van der Waals surface area contributed by atoms with Crippen LogP contribution in [0.1, 0.15) is 84.6 Å². The van der Waals surface area contributed by atoms with Gasteiger partial charge in [0.25, 0.3) is 6.71 Å². The topological polar surface area (TPSA) is 11.4 Å². The van der Waals surface area contributed by atoms with Gasteiger partial charge in [-0.05, 0) is 129 Å². The number of thiophene rings is 2. The molecule has 0 saturated carbocycles. The summed E-state index contributed by atoms with van der Waals surface area (Å²) in [5.41, 5.74) is 20.5. The van der Waals surface area contributed by atoms with Crippen molar-refractivity contribution in [2.75, 3.05) is 9.80 Å². The Hall–Kier alpha value is -6.60. The Morgan fingerprint density at radius 2 is 1.01 bits per heavy atom. The van der Waals surface area contributed by atoms with Crippen molar-refractivity contribution in [2.24, 2.45) is 0 Å². The number of hydrogen-bond acceptors (Lipinski definition) is 4. The van der Waals surface area contributed by atoms with Crippen LogP contribution in [0.2, 0.25) is 0 Å². The maximum atomic E-state index is 2.64. The Morgan fingerprint density at radius 3 is 1.71 bits per heavy atom. The summed E-state index contributed by atoms with van der Waals surface area (Å²) in [4.78, 5) is 5.11. The van der Waals surface area contributed by atoms with Gasteiger partial charge in [0.15, 0.2) is 0 Å². The summed E-state index contributed by atoms with van der Waals surface area (Å²) in [5, 5.41) is 5.28. The van der Waals surface area contributed by atoms with Crippen LogP contribution < -0.4 is 26.2 Å². The molecule has 0 unspecified atom stereocenters. The number of benzene rings is 8. The maximum Gasteiger partial charge on any atom is 0.252 e. The molecular formula is C63H56BN3S2. The minimum atomic E-state index is 0.0314. The average molecular weight is 930 g/mol. The third kappa shape index (κ3) is 6.37. The highest BCUT2D eigenvalue weighted by Crippen LogP contribution is 2.50. The zero-order chi connectivity index (χ0) is 47.5. The number of aryl methyl sites for hydroxylation is 1. The fourth-order valence-corrected chi connectivity index (χ4v) is 14.0. The lowest BCUT2D eigenvalue weighted by Crippen LogP contribution is -2.60. The van der Waals surface area contributed by atoms with Crippen molar-refractivity contribution in [2.45, 2.75) is 85.5 Å². The number of hydrogen-bond donors (Lipinski definition) is 0. The van der Waals surface area contributed by atoms with Crippen LogP contribution in [0.5, 0.6) is 0 Å². The van der Waals surface area contributed by atoms with Crippen molar-refractivity contribution < 1.29 is 0 Å². The van der Waals surface area contributed by atoms with Gasteiger partial charge in [-0.15, -0.1) is 22.7 Å². The molecule has 13 rings (SSSR count). The molecule has 11 aromatic rings. The van der Waals surface area contributed by atoms with Crippen molar-refractivity contribution in [3.63, 3.8) is 0 Å². The molecule has 0 atom stereocenters. The Morgan fingerprint density at radius 1 is 0.420 bits per heavy atom. The summed E-state index contributed by atoms with van der Waals surface area (Å²) in [7, 11) is 0. The van der Waals surface area contributed by atoms with Crippen LogP contribution in [0.4, 0.5) is 34.1 Å². The predicted molar refractivity (Wildman–Crippen MR) is 304 cm³/mol. The first-order valence-corrected chi connectivity index (χ1v) is 26.2. The summed E-state index contributed by atoms with van der Waals surface area (Å²) in [6, 6.07) is 61.0. The van der Waals surface area contributed by atoms with E-state index in [1.807, 2.05) is 22.7 Å². The first-order chi connectivity index (χ1) is 33.0. The molecule has 0 bridgehead atoms. The van der Waals surface area contributed by atoms with Gasteiger partial charge in [-0.2, -0.15) is 0 Å². The quantitative estimate of drug-likeness (QED) is 0.163. The third-order valence-corrected chi connectivity index (χ3v) is 17.5. The molecule has 0 N–H and O–H groups in total. The van der Waals surface area contributed by atoms with Gasteiger partial charge < -0.3 is 14.4 Å². The van der Waals surface area contributed by atoms with Crippen LogP contribution in [0.25, 0.3) is 57.1 Å². The molecule has 0 radical (unpaired) electrons. The van der Waals surface area contributed by atoms with Crippen molar-refractivity contribution in [3.8, 4) is 5.69 Å². The van der Waals surface area contributed by atoms with E-state index in [1.165, 1.54) is 113 Å². The van der Waals surface area contributed by atoms with Gasteiger partial charge in [-0.25, -0.2) is 0 Å². The first kappa shape index (κ1) is 42.5. The van der Waals surface area contributed by atoms with E-state index in [0.717, 1.165) is 17.1 Å². The van der Waals surface area contributed by atoms with E-state index in [9.17, 15) is 0 Å². The van der Waals surface area contributed by atoms with Crippen molar-refractivity contribution >= 4 is 131 Å². The van der Waals surface area contributed by atoms with Gasteiger partial charge in [0.1, 0.15) is 0 Å². The second-order valence-electron chi connectivity index (χ2n) is 22.7. The zero-order valence-corrected chi connectivity index (χ0v) is 42.9. The van der Waals surface area contributed by atoms with Gasteiger partial charge >= 0.3 is 0 Å². The molecule has 0 spiro atoms. The summed E-state index contributed by atoms with van der Waals surface area (Å²) < 4.78 is 7.97. The van der Waals surface area contributed by atoms with Crippen LogP contribution >= 0.6 is 22.7 Å². The van der Waals surface area contributed by atoms with E-state index in [4.69, 9.17) is 0 Å². The average Bonchev–Trinajstić information content (AvgIpc) is 3.99. The smallest absolute Gasteiger partial charge is 0.252 e. The van der Waals surface area contributed by atoms with E-state index >= 15 is 0 Å². The molecule has 3 nitrogen and oxygen atoms in total. The van der Waals surface area contributed by atoms with Gasteiger partial charge in [0, 0.05) is 65.1 Å². The molecule has 69 heavy (non-hydrogen) atoms. The molecule has 0 aliphatic carbocycles. The Bertz CT molecular complexity index is 3860. The summed E-state index contributed by atoms with van der Waals surface area (Å²) in [6.45, 7) is 23.0. The maximum absolute atomic E-state index is 2.64. The van der Waals surface area contributed by atoms with Crippen molar-refractivity contribution in [1.29, 1.82) is 0 Å². The molecule has 6 heteroatoms. The number of anilines is 6. The highest BCUT2D eigenvalue weighted by atomic mass is 32.1. The number of rotatable bonds is 4. The second kappa shape index (κ2) is 14.7. The molecule has 3 aromatic heterocycles. The SMILES string of the molecule is Cc1cc2c3c(c1)-n1c4c(cccc4c4sc5ccccc5c41)B3c1ccc(N(c3ccc(C(C)(C)C)cc3)c3ccc(C(C)(C)C)cc3)cc1N2c1cccc2c1sc1cc(C(C)(C)C)ccc12. The van der Waals surface area contributed by atoms with Crippen LogP contribution in [-0.2, 0) is 16.2 Å². The number of nitrogens with zero attached hydrogens (tertiary/aromatic N) is 3. The molecule has 5 heterocycles. The second-order valence-corrected chi connectivity index (χ2v) is 24.8. The van der Waals surface area contributed by atoms with Crippen molar-refractivity contribution in [1.82, 2.24) is 4.57 Å². The minimum absolute atomic E-state index is 0.0314. The van der Waals surface area contributed by atoms with Crippen LogP contribution in [0.3, 0.4) is 0 Å². The lowest BCUT2D eigenvalue weighted by molar-refractivity contribution is 0.590. The molecular weight excluding hydrogens is 874 g/mol. The monoisotopic (exact) mass is 929 g/mol. The standard InChI is InChI=1S/C63H56BN3S2/c1-37-33-52-56-53(34-37)67-57-47(60-58(67)46-15-11-12-20-54(46)68-60)17-13-18-49(57)64(56)48-32-30-43(65(41-26-21-38(22-27-41)61(2,3)4)42-28-23-39(24-29-42)62(5,6)7)36-51(48)66(52)50-19-14-16-45-44-31-25-40(63(8,9)10)35-55(44)69-59(45)50/h11-36H,1-10H3. The van der Waals surface area contributed by atoms with E-state index in [-0.39, 0.29) is 23.0 Å². The van der Waals surface area contributed by atoms with E-state index < -0.39 is 0 Å². The summed E-state index contributed by atoms with van der Waals surface area (Å²) in [5.74, 6) is 0. The highest BCUT2D eigenvalue weighted by molar-refractivity contribution is 7.27. The predicted octanol–water partition coefficient (Wildman–Crippen LogP) is 16.6. The fraction of sp³-hybridized carbons (Fsp3) is 0.206. The largest absolute Gasteiger partial charge is 0.310 e. The van der Waals surface area contributed by atoms with E-state index in [0.29, 0.717) is 0 Å². The molecule has 2 aliphatic heterocycles. The number of para-hydroxylation sites is 1. The minimum Gasteiger partial charge on any atom is -0.310 e. The van der Waals surface area contributed by atoms with Crippen LogP contribution in [-0.4, -0.2) is 11.3 Å². The number of aromatic nitrogens is 1. The van der Waals surface area contributed by atoms with Gasteiger partial charge in [0.05, 0.1) is 26.1 Å². The van der Waals surface area contributed by atoms with Crippen molar-refractivity contribution in [3.05, 3.63) is 180 Å². The van der Waals surface area contributed by atoms with E-state index in [1.54, 1.807) is 0 Å². The summed E-state index contributed by atoms with van der Waals surface area (Å²) in [6.07, 6.45) is 0. The van der Waals surface area contributed by atoms with Gasteiger partial charge in [0.2, 0.25) is 0 Å². The molecule has 0 fully saturated rings. The van der Waals surface area contributed by atoms with E-state index in [2.05, 4.69) is 241 Å². The number of fused-ring (bicyclic) bond motifs is 12. The molecule has 0 saturated heterocycles. The zero-order valence-electron chi connectivity index (χ0n) is 41.2. The molecule has 338 valence electrons. The Kier molecular flexibility index (Phi) is 9.06. The first-order valence-electron chi connectivity index (χ1n) is 24.5. The van der Waals surface area contributed by atoms with Gasteiger partial charge in [-0.1, -0.05) is 153 Å².